The van der Waals surface area contributed by atoms with Gasteiger partial charge in [0.15, 0.2) is 34.4 Å². The van der Waals surface area contributed by atoms with Crippen molar-refractivity contribution < 1.29 is 59.9 Å². The summed E-state index contributed by atoms with van der Waals surface area (Å²) in [5, 5.41) is 0. The van der Waals surface area contributed by atoms with Crippen LogP contribution in [0.2, 0.25) is 0 Å². The van der Waals surface area contributed by atoms with Gasteiger partial charge in [0.05, 0.1) is 68.9 Å². The second-order valence-corrected chi connectivity index (χ2v) is 9.84. The van der Waals surface area contributed by atoms with Gasteiger partial charge >= 0.3 is 0 Å². The van der Waals surface area contributed by atoms with Crippen molar-refractivity contribution in [3.05, 3.63) is 48.5 Å². The number of methoxy groups -OCH3 is 7. The van der Waals surface area contributed by atoms with Gasteiger partial charge in [0.2, 0.25) is 11.5 Å². The van der Waals surface area contributed by atoms with E-state index in [0.29, 0.717) is 59.2 Å². The van der Waals surface area contributed by atoms with Crippen LogP contribution in [0.4, 0.5) is 5.69 Å². The van der Waals surface area contributed by atoms with Crippen molar-refractivity contribution in [3.8, 4) is 51.7 Å². The summed E-state index contributed by atoms with van der Waals surface area (Å²) in [4.78, 5) is 3.78. The lowest BCUT2D eigenvalue weighted by Crippen LogP contribution is -3.10. The molecule has 4 rings (SSSR count). The Morgan fingerprint density at radius 2 is 1.00 bits per heavy atom. The molecular weight excluding hydrogens is 592 g/mol. The van der Waals surface area contributed by atoms with Crippen molar-refractivity contribution in [3.63, 3.8) is 0 Å². The van der Waals surface area contributed by atoms with E-state index < -0.39 is 0 Å². The van der Waals surface area contributed by atoms with Crippen molar-refractivity contribution in [1.29, 1.82) is 0 Å². The maximum absolute atomic E-state index is 6.34. The maximum Gasteiger partial charge on any atom is 0.203 e. The topological polar surface area (TPSA) is 90.8 Å². The van der Waals surface area contributed by atoms with Gasteiger partial charge in [-0.15, -0.1) is 0 Å². The Hall–Kier alpha value is -3.93. The molecule has 0 aliphatic carbocycles. The number of para-hydroxylation sites is 2. The van der Waals surface area contributed by atoms with E-state index in [4.69, 9.17) is 42.6 Å². The van der Waals surface area contributed by atoms with Gasteiger partial charge in [0.25, 0.3) is 0 Å². The monoisotopic (exact) mass is 634 g/mol. The van der Waals surface area contributed by atoms with Gasteiger partial charge in [-0.3, -0.25) is 9.80 Å². The highest BCUT2D eigenvalue weighted by atomic mass is 35.5. The molecule has 1 heterocycles. The molecule has 3 aromatic rings. The molecule has 44 heavy (non-hydrogen) atoms. The smallest absolute Gasteiger partial charge is 0.203 e. The molecule has 0 spiro atoms. The summed E-state index contributed by atoms with van der Waals surface area (Å²) in [5.41, 5.74) is 1.17. The second-order valence-electron chi connectivity index (χ2n) is 9.84. The Labute approximate surface area is 265 Å². The van der Waals surface area contributed by atoms with Gasteiger partial charge in [-0.25, -0.2) is 0 Å². The van der Waals surface area contributed by atoms with Crippen LogP contribution in [0.15, 0.2) is 48.5 Å². The summed E-state index contributed by atoms with van der Waals surface area (Å²) < 4.78 is 51.3. The van der Waals surface area contributed by atoms with E-state index in [1.807, 2.05) is 12.1 Å². The van der Waals surface area contributed by atoms with Crippen LogP contribution >= 0.6 is 0 Å². The zero-order chi connectivity index (χ0) is 30.8. The summed E-state index contributed by atoms with van der Waals surface area (Å²) in [5.74, 6) is 5.22. The molecule has 0 radical (unpaired) electrons. The van der Waals surface area contributed by atoms with Crippen LogP contribution in [-0.2, 0) is 0 Å². The summed E-state index contributed by atoms with van der Waals surface area (Å²) in [6, 6.07) is 15.3. The first kappa shape index (κ1) is 34.6. The fraction of sp³-hybridized carbons (Fsp3) is 0.438. The van der Waals surface area contributed by atoms with Gasteiger partial charge in [-0.05, 0) is 6.07 Å². The quantitative estimate of drug-likeness (QED) is 0.249. The number of piperazine rings is 1. The van der Waals surface area contributed by atoms with Gasteiger partial charge in [-0.2, -0.15) is 0 Å². The lowest BCUT2D eigenvalue weighted by atomic mass is 10.2. The third-order valence-electron chi connectivity index (χ3n) is 7.57. The molecule has 1 N–H and O–H groups in total. The first-order valence-electron chi connectivity index (χ1n) is 14.1. The normalized spacial score (nSPS) is 13.5. The largest absolute Gasteiger partial charge is 1.00 e. The number of benzene rings is 3. The minimum absolute atomic E-state index is 0. The standard InChI is InChI=1S/C32H42N2O9.ClH/c1-35-26-11-9-8-10-25(26)34-14-12-33(13-15-34)22(20-42-23-16-27(36-2)31(40-6)28(17-23)37-3)21-43-24-18-29(38-4)32(41-7)30(19-24)39-5;/h8-11,16-19,22H,12-15,20-21H2,1-7H3;1H. The number of hydrogen-bond acceptors (Lipinski definition) is 10. The predicted molar refractivity (Wildman–Crippen MR) is 162 cm³/mol. The van der Waals surface area contributed by atoms with Gasteiger partial charge in [0.1, 0.15) is 24.7 Å². The van der Waals surface area contributed by atoms with Gasteiger partial charge < -0.3 is 55.0 Å². The first-order valence-corrected chi connectivity index (χ1v) is 14.1. The molecule has 1 fully saturated rings. The number of halogens is 1. The van der Waals surface area contributed by atoms with Gasteiger partial charge in [-0.1, -0.05) is 12.1 Å². The van der Waals surface area contributed by atoms with Crippen LogP contribution in [0.3, 0.4) is 0 Å². The third kappa shape index (κ3) is 7.96. The summed E-state index contributed by atoms with van der Waals surface area (Å²) in [7, 11) is 11.2. The molecule has 1 aliphatic heterocycles. The zero-order valence-corrected chi connectivity index (χ0v) is 27.2. The number of ether oxygens (including phenoxy) is 9. The minimum Gasteiger partial charge on any atom is -1.00 e. The average Bonchev–Trinajstić information content (AvgIpc) is 3.07. The molecule has 1 aliphatic rings. The minimum atomic E-state index is -0.0719. The Morgan fingerprint density at radius 1 is 0.591 bits per heavy atom. The number of hydrogen-bond donors (Lipinski definition) is 1. The van der Waals surface area contributed by atoms with Crippen molar-refractivity contribution in [1.82, 2.24) is 4.90 Å². The molecule has 0 aromatic heterocycles. The molecule has 242 valence electrons. The number of quaternary nitrogens is 1. The first-order chi connectivity index (χ1) is 21.0. The van der Waals surface area contributed by atoms with Crippen LogP contribution in [-0.4, -0.2) is 100 Å². The highest BCUT2D eigenvalue weighted by molar-refractivity contribution is 5.56. The van der Waals surface area contributed by atoms with E-state index in [1.54, 1.807) is 74.0 Å². The van der Waals surface area contributed by atoms with Crippen LogP contribution in [0.5, 0.6) is 51.7 Å². The molecule has 11 nitrogen and oxygen atoms in total. The molecule has 0 amide bonds. The van der Waals surface area contributed by atoms with Gasteiger partial charge in [0, 0.05) is 43.4 Å². The SMILES string of the molecule is COc1ccccc1[NH+]1CCN(C(COc2cc(OC)c(OC)c(OC)c2)COc2cc(OC)c(OC)c(OC)c2)CC1.[Cl-]. The van der Waals surface area contributed by atoms with Crippen LogP contribution in [0.25, 0.3) is 0 Å². The van der Waals surface area contributed by atoms with Crippen LogP contribution < -0.4 is 59.9 Å². The number of nitrogens with one attached hydrogen (secondary N) is 1. The highest BCUT2D eigenvalue weighted by Gasteiger charge is 2.30. The Kier molecular flexibility index (Phi) is 13.2. The van der Waals surface area contributed by atoms with E-state index in [0.717, 1.165) is 31.9 Å². The van der Waals surface area contributed by atoms with E-state index in [9.17, 15) is 0 Å². The molecule has 12 heteroatoms. The Bertz CT molecular complexity index is 1220. The van der Waals surface area contributed by atoms with Crippen molar-refractivity contribution >= 4 is 5.69 Å². The lowest BCUT2D eigenvalue weighted by molar-refractivity contribution is -0.838. The zero-order valence-electron chi connectivity index (χ0n) is 26.4. The molecular formula is C32H43ClN2O9. The molecule has 3 aromatic carbocycles. The van der Waals surface area contributed by atoms with E-state index in [2.05, 4.69) is 17.0 Å². The van der Waals surface area contributed by atoms with Crippen LogP contribution in [0, 0.1) is 0 Å². The summed E-state index contributed by atoms with van der Waals surface area (Å²) >= 11 is 0. The molecule has 0 bridgehead atoms. The fourth-order valence-electron chi connectivity index (χ4n) is 5.29. The number of nitrogens with zero attached hydrogens (tertiary/aromatic N) is 1. The van der Waals surface area contributed by atoms with Crippen molar-refractivity contribution in [2.45, 2.75) is 6.04 Å². The second kappa shape index (κ2) is 16.8. The average molecular weight is 635 g/mol. The lowest BCUT2D eigenvalue weighted by Gasteiger charge is -2.37. The van der Waals surface area contributed by atoms with E-state index in [-0.39, 0.29) is 18.4 Å². The molecule has 0 unspecified atom stereocenters. The highest BCUT2D eigenvalue weighted by Crippen LogP contribution is 2.42. The molecule has 1 saturated heterocycles. The Balaban J connectivity index is 0.00000529. The Morgan fingerprint density at radius 3 is 1.39 bits per heavy atom. The van der Waals surface area contributed by atoms with Crippen molar-refractivity contribution in [2.75, 3.05) is 89.2 Å². The third-order valence-corrected chi connectivity index (χ3v) is 7.57. The fourth-order valence-corrected chi connectivity index (χ4v) is 5.29. The van der Waals surface area contributed by atoms with E-state index in [1.165, 1.54) is 10.6 Å². The van der Waals surface area contributed by atoms with Crippen LogP contribution in [0.1, 0.15) is 0 Å². The predicted octanol–water partition coefficient (Wildman–Crippen LogP) is 0.109. The molecule has 0 atom stereocenters. The van der Waals surface area contributed by atoms with Crippen molar-refractivity contribution in [2.24, 2.45) is 0 Å². The summed E-state index contributed by atoms with van der Waals surface area (Å²) in [6.07, 6.45) is 0. The maximum atomic E-state index is 6.34. The molecule has 0 saturated carbocycles. The summed E-state index contributed by atoms with van der Waals surface area (Å²) in [6.45, 7) is 4.24. The van der Waals surface area contributed by atoms with E-state index >= 15 is 0 Å². The number of rotatable bonds is 15.